The molecule has 1 heterocycles. The molecule has 0 unspecified atom stereocenters. The summed E-state index contributed by atoms with van der Waals surface area (Å²) >= 11 is 0. The van der Waals surface area contributed by atoms with Crippen LogP contribution in [-0.4, -0.2) is 37.0 Å². The van der Waals surface area contributed by atoms with Crippen molar-refractivity contribution < 1.29 is 14.3 Å². The third kappa shape index (κ3) is 4.38. The molecule has 0 spiro atoms. The number of aryl methyl sites for hydroxylation is 2. The van der Waals surface area contributed by atoms with Gasteiger partial charge in [0.1, 0.15) is 0 Å². The monoisotopic (exact) mass is 404 g/mol. The highest BCUT2D eigenvalue weighted by Gasteiger charge is 2.27. The van der Waals surface area contributed by atoms with E-state index in [4.69, 9.17) is 10.00 Å². The summed E-state index contributed by atoms with van der Waals surface area (Å²) in [7, 11) is 1.37. The van der Waals surface area contributed by atoms with Gasteiger partial charge in [0.15, 0.2) is 0 Å². The second-order valence-electron chi connectivity index (χ2n) is 7.67. The van der Waals surface area contributed by atoms with E-state index in [1.54, 1.807) is 6.07 Å². The number of nitriles is 1. The second kappa shape index (κ2) is 9.58. The van der Waals surface area contributed by atoms with Crippen molar-refractivity contribution in [2.75, 3.05) is 20.2 Å². The van der Waals surface area contributed by atoms with Crippen molar-refractivity contribution in [3.05, 3.63) is 69.8 Å². The molecule has 1 aliphatic heterocycles. The zero-order chi connectivity index (χ0) is 21.7. The Morgan fingerprint density at radius 2 is 1.63 bits per heavy atom. The third-order valence-corrected chi connectivity index (χ3v) is 6.02. The lowest BCUT2D eigenvalue weighted by molar-refractivity contribution is 0.0599. The van der Waals surface area contributed by atoms with Crippen molar-refractivity contribution in [2.24, 2.45) is 0 Å². The Hall–Kier alpha value is -3.13. The van der Waals surface area contributed by atoms with Crippen LogP contribution in [0.2, 0.25) is 0 Å². The van der Waals surface area contributed by atoms with Gasteiger partial charge in [0.2, 0.25) is 0 Å². The number of hydrogen-bond acceptors (Lipinski definition) is 4. The van der Waals surface area contributed by atoms with E-state index in [1.807, 2.05) is 49.1 Å². The van der Waals surface area contributed by atoms with Crippen molar-refractivity contribution in [3.63, 3.8) is 0 Å². The van der Waals surface area contributed by atoms with E-state index in [-0.39, 0.29) is 5.91 Å². The molecule has 1 aliphatic rings. The summed E-state index contributed by atoms with van der Waals surface area (Å²) in [6.45, 7) is 5.38. The van der Waals surface area contributed by atoms with E-state index in [2.05, 4.69) is 6.07 Å². The van der Waals surface area contributed by atoms with Crippen molar-refractivity contribution in [1.82, 2.24) is 4.90 Å². The first-order valence-electron chi connectivity index (χ1n) is 10.6. The Balaban J connectivity index is 1.78. The van der Waals surface area contributed by atoms with E-state index in [1.165, 1.54) is 12.7 Å². The lowest BCUT2D eigenvalue weighted by atomic mass is 9.88. The number of rotatable bonds is 5. The highest BCUT2D eigenvalue weighted by atomic mass is 16.5. The zero-order valence-corrected chi connectivity index (χ0v) is 17.9. The van der Waals surface area contributed by atoms with E-state index in [9.17, 15) is 9.59 Å². The predicted molar refractivity (Wildman–Crippen MR) is 116 cm³/mol. The van der Waals surface area contributed by atoms with Crippen LogP contribution in [0.4, 0.5) is 0 Å². The van der Waals surface area contributed by atoms with Crippen molar-refractivity contribution in [1.29, 1.82) is 5.26 Å². The molecule has 3 rings (SSSR count). The van der Waals surface area contributed by atoms with Crippen LogP contribution < -0.4 is 0 Å². The van der Waals surface area contributed by atoms with Crippen LogP contribution in [0.1, 0.15) is 75.6 Å². The molecule has 0 aromatic heterocycles. The molecule has 156 valence electrons. The molecule has 0 atom stereocenters. The number of ether oxygens (including phenoxy) is 1. The average molecular weight is 405 g/mol. The highest BCUT2D eigenvalue weighted by molar-refractivity contribution is 6.00. The van der Waals surface area contributed by atoms with Crippen molar-refractivity contribution in [2.45, 2.75) is 45.4 Å². The Morgan fingerprint density at radius 1 is 1.03 bits per heavy atom. The van der Waals surface area contributed by atoms with Crippen molar-refractivity contribution >= 4 is 11.9 Å². The lowest BCUT2D eigenvalue weighted by Crippen LogP contribution is -2.38. The van der Waals surface area contributed by atoms with Crippen molar-refractivity contribution in [3.8, 4) is 6.07 Å². The smallest absolute Gasteiger partial charge is 0.338 e. The van der Waals surface area contributed by atoms with E-state index in [0.29, 0.717) is 42.1 Å². The minimum Gasteiger partial charge on any atom is -0.465 e. The van der Waals surface area contributed by atoms with E-state index >= 15 is 0 Å². The molecule has 0 saturated carbocycles. The maximum absolute atomic E-state index is 13.3. The van der Waals surface area contributed by atoms with Gasteiger partial charge in [-0.15, -0.1) is 0 Å². The summed E-state index contributed by atoms with van der Waals surface area (Å²) in [4.78, 5) is 27.4. The summed E-state index contributed by atoms with van der Waals surface area (Å²) in [5.41, 5.74) is 4.85. The van der Waals surface area contributed by atoms with Crippen LogP contribution in [0, 0.1) is 11.3 Å². The van der Waals surface area contributed by atoms with Crippen LogP contribution in [0.3, 0.4) is 0 Å². The second-order valence-corrected chi connectivity index (χ2v) is 7.67. The third-order valence-electron chi connectivity index (χ3n) is 6.02. The number of hydrogen-bond donors (Lipinski definition) is 0. The summed E-state index contributed by atoms with van der Waals surface area (Å²) in [6, 6.07) is 13.6. The van der Waals surface area contributed by atoms with Gasteiger partial charge in [-0.25, -0.2) is 4.79 Å². The van der Waals surface area contributed by atoms with E-state index < -0.39 is 5.97 Å². The molecule has 30 heavy (non-hydrogen) atoms. The largest absolute Gasteiger partial charge is 0.465 e. The Labute approximate surface area is 178 Å². The molecule has 5 heteroatoms. The van der Waals surface area contributed by atoms with Crippen LogP contribution >= 0.6 is 0 Å². The first kappa shape index (κ1) is 21.6. The number of piperidine rings is 1. The van der Waals surface area contributed by atoms with Gasteiger partial charge in [0, 0.05) is 18.7 Å². The number of methoxy groups -OCH3 is 1. The summed E-state index contributed by atoms with van der Waals surface area (Å²) in [5, 5.41) is 8.96. The Kier molecular flexibility index (Phi) is 6.89. The predicted octanol–water partition coefficient (Wildman–Crippen LogP) is 4.49. The van der Waals surface area contributed by atoms with Gasteiger partial charge >= 0.3 is 5.97 Å². The number of esters is 1. The van der Waals surface area contributed by atoms with Gasteiger partial charge < -0.3 is 9.64 Å². The molecule has 1 fully saturated rings. The van der Waals surface area contributed by atoms with Gasteiger partial charge in [-0.05, 0) is 66.5 Å². The fraction of sp³-hybridized carbons (Fsp3) is 0.400. The van der Waals surface area contributed by atoms with Crippen LogP contribution in [-0.2, 0) is 17.6 Å². The summed E-state index contributed by atoms with van der Waals surface area (Å²) in [5.74, 6) is -0.0263. The molecule has 2 aromatic rings. The molecule has 2 aromatic carbocycles. The molecule has 0 aliphatic carbocycles. The molecule has 0 radical (unpaired) electrons. The molecular formula is C25H28N2O3. The fourth-order valence-corrected chi connectivity index (χ4v) is 4.20. The van der Waals surface area contributed by atoms with Gasteiger partial charge in [0.05, 0.1) is 24.3 Å². The summed E-state index contributed by atoms with van der Waals surface area (Å²) < 4.78 is 4.93. The minimum absolute atomic E-state index is 0.0158. The number of benzene rings is 2. The van der Waals surface area contributed by atoms with Crippen LogP contribution in [0.15, 0.2) is 36.4 Å². The topological polar surface area (TPSA) is 70.4 Å². The van der Waals surface area contributed by atoms with Gasteiger partial charge in [-0.3, -0.25) is 4.79 Å². The Morgan fingerprint density at radius 3 is 2.17 bits per heavy atom. The number of carbonyl (C=O) groups is 2. The van der Waals surface area contributed by atoms with E-state index in [0.717, 1.165) is 30.4 Å². The maximum Gasteiger partial charge on any atom is 0.338 e. The quantitative estimate of drug-likeness (QED) is 0.689. The standard InChI is InChI=1S/C25H28N2O3/c1-4-18-14-19(5-2)23(25(29)30-3)15-22(18)24(28)27-12-10-21(11-13-27)20-8-6-17(16-26)7-9-20/h6-9,14-15,21H,4-5,10-13H2,1-3H3. The first-order valence-corrected chi connectivity index (χ1v) is 10.6. The minimum atomic E-state index is -0.400. The number of likely N-dealkylation sites (tertiary alicyclic amines) is 1. The first-order chi connectivity index (χ1) is 14.5. The SMILES string of the molecule is CCc1cc(CC)c(C(=O)N2CCC(c3ccc(C#N)cc3)CC2)cc1C(=O)OC. The summed E-state index contributed by atoms with van der Waals surface area (Å²) in [6.07, 6.45) is 3.21. The average Bonchev–Trinajstić information content (AvgIpc) is 2.82. The fourth-order valence-electron chi connectivity index (χ4n) is 4.20. The van der Waals surface area contributed by atoms with Gasteiger partial charge in [-0.2, -0.15) is 5.26 Å². The zero-order valence-electron chi connectivity index (χ0n) is 17.9. The molecular weight excluding hydrogens is 376 g/mol. The number of nitrogens with zero attached hydrogens (tertiary/aromatic N) is 2. The van der Waals surface area contributed by atoms with Gasteiger partial charge in [0.25, 0.3) is 5.91 Å². The molecule has 5 nitrogen and oxygen atoms in total. The highest BCUT2D eigenvalue weighted by Crippen LogP contribution is 2.30. The lowest BCUT2D eigenvalue weighted by Gasteiger charge is -2.33. The normalized spacial score (nSPS) is 14.3. The molecule has 0 bridgehead atoms. The maximum atomic E-state index is 13.3. The molecule has 1 saturated heterocycles. The van der Waals surface area contributed by atoms with Crippen LogP contribution in [0.5, 0.6) is 0 Å². The number of carbonyl (C=O) groups excluding carboxylic acids is 2. The van der Waals surface area contributed by atoms with Crippen LogP contribution in [0.25, 0.3) is 0 Å². The Bertz CT molecular complexity index is 965. The molecule has 0 N–H and O–H groups in total. The van der Waals surface area contributed by atoms with Gasteiger partial charge in [-0.1, -0.05) is 32.0 Å². The number of amides is 1. The molecule has 1 amide bonds.